The highest BCUT2D eigenvalue weighted by molar-refractivity contribution is 7.99. The highest BCUT2D eigenvalue weighted by Crippen LogP contribution is 2.25. The van der Waals surface area contributed by atoms with E-state index in [1.165, 1.54) is 11.8 Å². The molecule has 0 aliphatic heterocycles. The average molecular weight is 390 g/mol. The Bertz CT molecular complexity index is 803. The molecular formula is C19H27N5O2S. The number of nitrogens with one attached hydrogen (secondary N) is 1. The van der Waals surface area contributed by atoms with E-state index in [-0.39, 0.29) is 30.2 Å². The molecule has 0 radical (unpaired) electrons. The predicted molar refractivity (Wildman–Crippen MR) is 107 cm³/mol. The summed E-state index contributed by atoms with van der Waals surface area (Å²) in [4.78, 5) is 25.9. The average Bonchev–Trinajstić information content (AvgIpc) is 2.98. The van der Waals surface area contributed by atoms with E-state index in [1.54, 1.807) is 4.90 Å². The highest BCUT2D eigenvalue weighted by atomic mass is 32.2. The number of hydrogen-bond acceptors (Lipinski definition) is 5. The fourth-order valence-corrected chi connectivity index (χ4v) is 3.45. The molecule has 1 aromatic carbocycles. The lowest BCUT2D eigenvalue weighted by Crippen LogP contribution is -2.43. The molecular weight excluding hydrogens is 362 g/mol. The molecule has 2 amide bonds. The zero-order valence-electron chi connectivity index (χ0n) is 16.5. The maximum atomic E-state index is 12.5. The van der Waals surface area contributed by atoms with Crippen LogP contribution in [0.5, 0.6) is 0 Å². The highest BCUT2D eigenvalue weighted by Gasteiger charge is 2.18. The van der Waals surface area contributed by atoms with E-state index in [4.69, 9.17) is 0 Å². The summed E-state index contributed by atoms with van der Waals surface area (Å²) in [7, 11) is 1.89. The number of aromatic nitrogens is 3. The predicted octanol–water partition coefficient (Wildman–Crippen LogP) is 2.26. The van der Waals surface area contributed by atoms with Crippen LogP contribution in [0.15, 0.2) is 29.4 Å². The molecule has 8 heteroatoms. The number of hydrogen-bond donors (Lipinski definition) is 1. The first-order chi connectivity index (χ1) is 12.8. The number of aryl methyl sites for hydroxylation is 1. The fourth-order valence-electron chi connectivity index (χ4n) is 2.63. The van der Waals surface area contributed by atoms with Crippen molar-refractivity contribution in [2.75, 3.05) is 18.8 Å². The van der Waals surface area contributed by atoms with Gasteiger partial charge in [0.15, 0.2) is 11.0 Å². The second-order valence-corrected chi connectivity index (χ2v) is 7.54. The molecule has 0 fully saturated rings. The van der Waals surface area contributed by atoms with Gasteiger partial charge in [0.1, 0.15) is 0 Å². The standard InChI is InChI=1S/C19H27N5O2S/c1-6-24(11-16(25)20-13(2)3)17(26)12-27-19-22-21-18(23(19)5)15-10-8-7-9-14(15)4/h7-10,13H,6,11-12H2,1-5H3,(H,20,25). The molecule has 0 aliphatic carbocycles. The van der Waals surface area contributed by atoms with Gasteiger partial charge in [-0.2, -0.15) is 0 Å². The Kier molecular flexibility index (Phi) is 7.41. The number of thioether (sulfide) groups is 1. The Morgan fingerprint density at radius 1 is 1.26 bits per heavy atom. The van der Waals surface area contributed by atoms with Crippen LogP contribution in [0.3, 0.4) is 0 Å². The monoisotopic (exact) mass is 389 g/mol. The van der Waals surface area contributed by atoms with Crippen molar-refractivity contribution >= 4 is 23.6 Å². The molecule has 0 aliphatic rings. The van der Waals surface area contributed by atoms with Crippen molar-refractivity contribution in [1.29, 1.82) is 0 Å². The summed E-state index contributed by atoms with van der Waals surface area (Å²) in [6.07, 6.45) is 0. The summed E-state index contributed by atoms with van der Waals surface area (Å²) in [5.74, 6) is 0.738. The second-order valence-electron chi connectivity index (χ2n) is 6.60. The lowest BCUT2D eigenvalue weighted by atomic mass is 10.1. The molecule has 1 N–H and O–H groups in total. The molecule has 7 nitrogen and oxygen atoms in total. The molecule has 0 bridgehead atoms. The van der Waals surface area contributed by atoms with Crippen LogP contribution in [-0.2, 0) is 16.6 Å². The number of likely N-dealkylation sites (N-methyl/N-ethyl adjacent to an activating group) is 1. The van der Waals surface area contributed by atoms with Crippen molar-refractivity contribution in [3.63, 3.8) is 0 Å². The van der Waals surface area contributed by atoms with Gasteiger partial charge in [-0.15, -0.1) is 10.2 Å². The summed E-state index contributed by atoms with van der Waals surface area (Å²) in [5.41, 5.74) is 2.14. The van der Waals surface area contributed by atoms with E-state index in [1.807, 2.05) is 63.6 Å². The number of amides is 2. The van der Waals surface area contributed by atoms with Crippen LogP contribution in [0.25, 0.3) is 11.4 Å². The topological polar surface area (TPSA) is 80.1 Å². The van der Waals surface area contributed by atoms with Crippen molar-refractivity contribution in [2.24, 2.45) is 7.05 Å². The van der Waals surface area contributed by atoms with Gasteiger partial charge in [0, 0.05) is 25.2 Å². The van der Waals surface area contributed by atoms with Crippen molar-refractivity contribution in [2.45, 2.75) is 38.9 Å². The number of carbonyl (C=O) groups is 2. The summed E-state index contributed by atoms with van der Waals surface area (Å²) in [6.45, 7) is 8.24. The fraction of sp³-hybridized carbons (Fsp3) is 0.474. The molecule has 0 unspecified atom stereocenters. The number of nitrogens with zero attached hydrogens (tertiary/aromatic N) is 4. The molecule has 2 aromatic rings. The van der Waals surface area contributed by atoms with Crippen LogP contribution in [0, 0.1) is 6.92 Å². The zero-order valence-corrected chi connectivity index (χ0v) is 17.3. The number of benzene rings is 1. The van der Waals surface area contributed by atoms with Crippen molar-refractivity contribution in [1.82, 2.24) is 25.0 Å². The minimum Gasteiger partial charge on any atom is -0.352 e. The first kappa shape index (κ1) is 21.0. The minimum absolute atomic E-state index is 0.0548. The van der Waals surface area contributed by atoms with Gasteiger partial charge in [-0.1, -0.05) is 36.0 Å². The SMILES string of the molecule is CCN(CC(=O)NC(C)C)C(=O)CSc1nnc(-c2ccccc2C)n1C. The van der Waals surface area contributed by atoms with Crippen LogP contribution >= 0.6 is 11.8 Å². The smallest absolute Gasteiger partial charge is 0.239 e. The molecule has 1 aromatic heterocycles. The van der Waals surface area contributed by atoms with Gasteiger partial charge in [0.2, 0.25) is 11.8 Å². The summed E-state index contributed by atoms with van der Waals surface area (Å²) in [6, 6.07) is 8.04. The Morgan fingerprint density at radius 3 is 2.59 bits per heavy atom. The Hall–Kier alpha value is -2.35. The quantitative estimate of drug-likeness (QED) is 0.701. The third-order valence-corrected chi connectivity index (χ3v) is 5.07. The van der Waals surface area contributed by atoms with Crippen molar-refractivity contribution in [3.05, 3.63) is 29.8 Å². The Balaban J connectivity index is 2.01. The van der Waals surface area contributed by atoms with Crippen LogP contribution < -0.4 is 5.32 Å². The van der Waals surface area contributed by atoms with E-state index >= 15 is 0 Å². The molecule has 0 atom stereocenters. The third-order valence-electron chi connectivity index (χ3n) is 4.06. The van der Waals surface area contributed by atoms with Gasteiger partial charge < -0.3 is 14.8 Å². The summed E-state index contributed by atoms with van der Waals surface area (Å²) >= 11 is 1.33. The van der Waals surface area contributed by atoms with Crippen LogP contribution in [0.4, 0.5) is 0 Å². The van der Waals surface area contributed by atoms with Gasteiger partial charge in [0.25, 0.3) is 0 Å². The van der Waals surface area contributed by atoms with Crippen molar-refractivity contribution < 1.29 is 9.59 Å². The van der Waals surface area contributed by atoms with Gasteiger partial charge in [-0.05, 0) is 33.3 Å². The Labute approximate surface area is 164 Å². The third kappa shape index (κ3) is 5.56. The van der Waals surface area contributed by atoms with E-state index in [0.717, 1.165) is 17.0 Å². The Morgan fingerprint density at radius 2 is 1.96 bits per heavy atom. The van der Waals surface area contributed by atoms with Gasteiger partial charge in [-0.3, -0.25) is 9.59 Å². The van der Waals surface area contributed by atoms with Gasteiger partial charge in [0.05, 0.1) is 12.3 Å². The van der Waals surface area contributed by atoms with E-state index < -0.39 is 0 Å². The number of carbonyl (C=O) groups excluding carboxylic acids is 2. The maximum Gasteiger partial charge on any atom is 0.239 e. The van der Waals surface area contributed by atoms with Crippen LogP contribution in [-0.4, -0.2) is 56.4 Å². The molecule has 146 valence electrons. The lowest BCUT2D eigenvalue weighted by Gasteiger charge is -2.20. The first-order valence-electron chi connectivity index (χ1n) is 8.98. The maximum absolute atomic E-state index is 12.5. The van der Waals surface area contributed by atoms with Crippen LogP contribution in [0.2, 0.25) is 0 Å². The first-order valence-corrected chi connectivity index (χ1v) is 9.97. The van der Waals surface area contributed by atoms with E-state index in [0.29, 0.717) is 11.7 Å². The molecule has 0 spiro atoms. The largest absolute Gasteiger partial charge is 0.352 e. The molecule has 0 saturated carbocycles. The molecule has 2 rings (SSSR count). The minimum atomic E-state index is -0.148. The van der Waals surface area contributed by atoms with Crippen molar-refractivity contribution in [3.8, 4) is 11.4 Å². The van der Waals surface area contributed by atoms with E-state index in [2.05, 4.69) is 15.5 Å². The van der Waals surface area contributed by atoms with Crippen LogP contribution in [0.1, 0.15) is 26.3 Å². The number of rotatable bonds is 8. The van der Waals surface area contributed by atoms with Gasteiger partial charge >= 0.3 is 0 Å². The molecule has 0 saturated heterocycles. The lowest BCUT2D eigenvalue weighted by molar-refractivity contribution is -0.134. The second kappa shape index (κ2) is 9.55. The summed E-state index contributed by atoms with van der Waals surface area (Å²) in [5, 5.41) is 12.0. The zero-order chi connectivity index (χ0) is 20.0. The summed E-state index contributed by atoms with van der Waals surface area (Å²) < 4.78 is 1.89. The van der Waals surface area contributed by atoms with E-state index in [9.17, 15) is 9.59 Å². The molecule has 1 heterocycles. The molecule has 27 heavy (non-hydrogen) atoms. The normalized spacial score (nSPS) is 10.9. The van der Waals surface area contributed by atoms with Gasteiger partial charge in [-0.25, -0.2) is 0 Å².